The van der Waals surface area contributed by atoms with Crippen LogP contribution in [-0.2, 0) is 16.0 Å². The van der Waals surface area contributed by atoms with Gasteiger partial charge in [-0.15, -0.1) is 0 Å². The normalized spacial score (nSPS) is 12.8. The van der Waals surface area contributed by atoms with Gasteiger partial charge >= 0.3 is 12.1 Å². The summed E-state index contributed by atoms with van der Waals surface area (Å²) >= 11 is 0. The van der Waals surface area contributed by atoms with Crippen molar-refractivity contribution in [1.29, 1.82) is 0 Å². The zero-order chi connectivity index (χ0) is 14.6. The van der Waals surface area contributed by atoms with Gasteiger partial charge in [0.1, 0.15) is 11.6 Å². The quantitative estimate of drug-likeness (QED) is 0.761. The number of hydrogen-bond acceptors (Lipinski definition) is 4. The first-order valence-corrected chi connectivity index (χ1v) is 5.59. The summed E-state index contributed by atoms with van der Waals surface area (Å²) in [6.07, 6.45) is -0.0166. The van der Waals surface area contributed by atoms with Crippen LogP contribution in [0.25, 0.3) is 0 Å². The minimum absolute atomic E-state index is 0.00320. The Morgan fingerprint density at radius 1 is 1.58 bits per heavy atom. The summed E-state index contributed by atoms with van der Waals surface area (Å²) in [7, 11) is 0. The number of carbonyl (C=O) groups excluding carboxylic acids is 1. The van der Waals surface area contributed by atoms with Crippen LogP contribution in [0.3, 0.4) is 0 Å². The summed E-state index contributed by atoms with van der Waals surface area (Å²) in [6, 6.07) is -1.30. The van der Waals surface area contributed by atoms with Crippen molar-refractivity contribution in [3.63, 3.8) is 0 Å². The van der Waals surface area contributed by atoms with Gasteiger partial charge in [-0.25, -0.2) is 14.6 Å². The minimum atomic E-state index is -1.30. The van der Waals surface area contributed by atoms with Gasteiger partial charge in [0, 0.05) is 6.42 Å². The maximum Gasteiger partial charge on any atom is 0.408 e. The van der Waals surface area contributed by atoms with Crippen molar-refractivity contribution in [2.75, 3.05) is 0 Å². The second-order valence-corrected chi connectivity index (χ2v) is 4.91. The lowest BCUT2D eigenvalue weighted by molar-refractivity contribution is -0.139. The van der Waals surface area contributed by atoms with Crippen molar-refractivity contribution in [3.8, 4) is 0 Å². The fourth-order valence-corrected chi connectivity index (χ4v) is 1.30. The number of nitrogens with one attached hydrogen (secondary N) is 2. The fraction of sp³-hybridized carbons (Fsp3) is 0.545. The molecule has 0 spiro atoms. The van der Waals surface area contributed by atoms with Crippen molar-refractivity contribution >= 4 is 12.1 Å². The van der Waals surface area contributed by atoms with Gasteiger partial charge in [0.05, 0.1) is 12.0 Å². The third-order valence-electron chi connectivity index (χ3n) is 2.06. The zero-order valence-electron chi connectivity index (χ0n) is 10.9. The standard InChI is InChI=1S/C11H16FN3O4/c1-11(2,3)19-10(18)15-7(9(16)17)4-6-8(12)14-5-13-6/h5,7H,4H2,1-3H3,(H,13,14)(H,15,18)(H,16,17)/t7-/m1/s1. The van der Waals surface area contributed by atoms with Crippen LogP contribution >= 0.6 is 0 Å². The van der Waals surface area contributed by atoms with E-state index in [4.69, 9.17) is 9.84 Å². The maximum atomic E-state index is 13.1. The Morgan fingerprint density at radius 2 is 2.21 bits per heavy atom. The predicted molar refractivity (Wildman–Crippen MR) is 63.0 cm³/mol. The van der Waals surface area contributed by atoms with E-state index in [-0.39, 0.29) is 12.1 Å². The van der Waals surface area contributed by atoms with Crippen molar-refractivity contribution in [2.24, 2.45) is 0 Å². The number of halogens is 1. The molecule has 0 bridgehead atoms. The molecule has 0 aliphatic rings. The number of carboxylic acids is 1. The second kappa shape index (κ2) is 5.68. The van der Waals surface area contributed by atoms with E-state index in [1.807, 2.05) is 0 Å². The molecule has 1 amide bonds. The summed E-state index contributed by atoms with van der Waals surface area (Å²) in [4.78, 5) is 28.3. The maximum absolute atomic E-state index is 13.1. The van der Waals surface area contributed by atoms with Gasteiger partial charge in [-0.3, -0.25) is 0 Å². The molecule has 1 atom stereocenters. The Balaban J connectivity index is 2.67. The second-order valence-electron chi connectivity index (χ2n) is 4.91. The van der Waals surface area contributed by atoms with E-state index >= 15 is 0 Å². The van der Waals surface area contributed by atoms with Crippen LogP contribution in [0.4, 0.5) is 9.18 Å². The molecule has 19 heavy (non-hydrogen) atoms. The van der Waals surface area contributed by atoms with Gasteiger partial charge in [0.2, 0.25) is 5.95 Å². The summed E-state index contributed by atoms with van der Waals surface area (Å²) in [5, 5.41) is 11.1. The molecular formula is C11H16FN3O4. The molecule has 1 aromatic rings. The van der Waals surface area contributed by atoms with Gasteiger partial charge in [-0.1, -0.05) is 0 Å². The fourth-order valence-electron chi connectivity index (χ4n) is 1.30. The number of rotatable bonds is 4. The van der Waals surface area contributed by atoms with E-state index in [0.717, 1.165) is 6.33 Å². The van der Waals surface area contributed by atoms with E-state index < -0.39 is 29.7 Å². The van der Waals surface area contributed by atoms with Crippen molar-refractivity contribution in [3.05, 3.63) is 18.0 Å². The molecule has 0 fully saturated rings. The molecule has 1 aromatic heterocycles. The Labute approximate surface area is 109 Å². The number of imidazole rings is 1. The number of nitrogens with zero attached hydrogens (tertiary/aromatic N) is 1. The number of aromatic amines is 1. The molecule has 0 aliphatic heterocycles. The summed E-state index contributed by atoms with van der Waals surface area (Å²) in [6.45, 7) is 4.95. The first-order valence-electron chi connectivity index (χ1n) is 5.59. The average molecular weight is 273 g/mol. The Kier molecular flexibility index (Phi) is 4.47. The molecule has 1 rings (SSSR count). The smallest absolute Gasteiger partial charge is 0.408 e. The van der Waals surface area contributed by atoms with Crippen LogP contribution in [-0.4, -0.2) is 38.8 Å². The third-order valence-corrected chi connectivity index (χ3v) is 2.06. The first-order chi connectivity index (χ1) is 8.69. The SMILES string of the molecule is CC(C)(C)OC(=O)N[C@H](Cc1[nH]cnc1F)C(=O)O. The van der Waals surface area contributed by atoms with Crippen molar-refractivity contribution in [1.82, 2.24) is 15.3 Å². The minimum Gasteiger partial charge on any atom is -0.480 e. The third kappa shape index (κ3) is 4.94. The van der Waals surface area contributed by atoms with Crippen LogP contribution in [0.5, 0.6) is 0 Å². The molecule has 0 aliphatic carbocycles. The van der Waals surface area contributed by atoms with Crippen LogP contribution in [0.15, 0.2) is 6.33 Å². The van der Waals surface area contributed by atoms with Gasteiger partial charge in [0.15, 0.2) is 0 Å². The first kappa shape index (κ1) is 14.9. The molecule has 7 nitrogen and oxygen atoms in total. The summed E-state index contributed by atoms with van der Waals surface area (Å²) < 4.78 is 18.0. The monoisotopic (exact) mass is 273 g/mol. The van der Waals surface area contributed by atoms with Crippen LogP contribution < -0.4 is 5.32 Å². The molecule has 0 saturated heterocycles. The number of aliphatic carboxylic acids is 1. The number of carboxylic acid groups (broad SMARTS) is 1. The van der Waals surface area contributed by atoms with Crippen molar-refractivity contribution in [2.45, 2.75) is 38.8 Å². The molecule has 8 heteroatoms. The molecule has 0 saturated carbocycles. The summed E-state index contributed by atoms with van der Waals surface area (Å²) in [5.74, 6) is -2.09. The van der Waals surface area contributed by atoms with E-state index in [1.54, 1.807) is 20.8 Å². The lowest BCUT2D eigenvalue weighted by Gasteiger charge is -2.21. The van der Waals surface area contributed by atoms with Crippen LogP contribution in [0, 0.1) is 5.95 Å². The van der Waals surface area contributed by atoms with E-state index in [1.165, 1.54) is 0 Å². The molecule has 0 unspecified atom stereocenters. The van der Waals surface area contributed by atoms with Crippen LogP contribution in [0.2, 0.25) is 0 Å². The Bertz CT molecular complexity index is 467. The zero-order valence-corrected chi connectivity index (χ0v) is 10.9. The highest BCUT2D eigenvalue weighted by atomic mass is 19.1. The highest BCUT2D eigenvalue weighted by molar-refractivity contribution is 5.80. The average Bonchev–Trinajstić information content (AvgIpc) is 2.60. The number of hydrogen-bond donors (Lipinski definition) is 3. The lowest BCUT2D eigenvalue weighted by Crippen LogP contribution is -2.44. The van der Waals surface area contributed by atoms with Gasteiger partial charge in [-0.2, -0.15) is 4.39 Å². The molecule has 0 radical (unpaired) electrons. The van der Waals surface area contributed by atoms with Gasteiger partial charge < -0.3 is 20.1 Å². The Morgan fingerprint density at radius 3 is 2.63 bits per heavy atom. The Hall–Kier alpha value is -2.12. The molecule has 0 aromatic carbocycles. The number of H-pyrrole nitrogens is 1. The number of amides is 1. The highest BCUT2D eigenvalue weighted by Crippen LogP contribution is 2.08. The lowest BCUT2D eigenvalue weighted by atomic mass is 10.1. The molecule has 3 N–H and O–H groups in total. The van der Waals surface area contributed by atoms with Crippen molar-refractivity contribution < 1.29 is 23.8 Å². The number of ether oxygens (including phenoxy) is 1. The number of carbonyl (C=O) groups is 2. The van der Waals surface area contributed by atoms with Crippen LogP contribution in [0.1, 0.15) is 26.5 Å². The number of aromatic nitrogens is 2. The van der Waals surface area contributed by atoms with Gasteiger partial charge in [-0.05, 0) is 20.8 Å². The molecule has 1 heterocycles. The van der Waals surface area contributed by atoms with Gasteiger partial charge in [0.25, 0.3) is 0 Å². The van der Waals surface area contributed by atoms with E-state index in [9.17, 15) is 14.0 Å². The summed E-state index contributed by atoms with van der Waals surface area (Å²) in [5.41, 5.74) is -0.740. The topological polar surface area (TPSA) is 104 Å². The molecule has 106 valence electrons. The largest absolute Gasteiger partial charge is 0.480 e. The predicted octanol–water partition coefficient (Wildman–Crippen LogP) is 1.07. The highest BCUT2D eigenvalue weighted by Gasteiger charge is 2.25. The van der Waals surface area contributed by atoms with E-state index in [2.05, 4.69) is 15.3 Å². The van der Waals surface area contributed by atoms with E-state index in [0.29, 0.717) is 0 Å². The molecular weight excluding hydrogens is 257 g/mol. The number of alkyl carbamates (subject to hydrolysis) is 1.